The van der Waals surface area contributed by atoms with Crippen molar-refractivity contribution in [1.29, 1.82) is 0 Å². The van der Waals surface area contributed by atoms with Crippen LogP contribution in [0.25, 0.3) is 22.3 Å². The molecule has 58 heavy (non-hydrogen) atoms. The highest BCUT2D eigenvalue weighted by molar-refractivity contribution is 7.88. The Hall–Kier alpha value is -5.49. The van der Waals surface area contributed by atoms with Crippen LogP contribution in [0.15, 0.2) is 121 Å². The molecule has 1 fully saturated rings. The highest BCUT2D eigenvalue weighted by Crippen LogP contribution is 2.50. The topological polar surface area (TPSA) is 123 Å². The Morgan fingerprint density at radius 3 is 1.98 bits per heavy atom. The van der Waals surface area contributed by atoms with Crippen LogP contribution in [0.5, 0.6) is 11.5 Å². The number of nitrogens with one attached hydrogen (secondary N) is 2. The first-order valence-corrected chi connectivity index (χ1v) is 21.9. The number of para-hydroxylation sites is 2. The molecule has 2 amide bonds. The number of benzene rings is 5. The normalized spacial score (nSPS) is 17.9. The Balaban J connectivity index is 0.000000708. The molecule has 4 aromatic carbocycles. The monoisotopic (exact) mass is 799 g/mol. The van der Waals surface area contributed by atoms with Crippen LogP contribution >= 0.6 is 0 Å². The lowest BCUT2D eigenvalue weighted by Crippen LogP contribution is -2.61. The lowest BCUT2D eigenvalue weighted by molar-refractivity contribution is -0.128. The fourth-order valence-corrected chi connectivity index (χ4v) is 9.68. The van der Waals surface area contributed by atoms with Gasteiger partial charge >= 0.3 is 6.09 Å². The summed E-state index contributed by atoms with van der Waals surface area (Å²) < 4.78 is 45.7. The van der Waals surface area contributed by atoms with Crippen LogP contribution in [0.4, 0.5) is 4.79 Å². The number of ether oxygens (including phenoxy) is 3. The Morgan fingerprint density at radius 2 is 1.41 bits per heavy atom. The molecule has 11 heteroatoms. The minimum absolute atomic E-state index is 0.0816. The maximum Gasteiger partial charge on any atom is 0.411 e. The van der Waals surface area contributed by atoms with Gasteiger partial charge in [-0.3, -0.25) is 9.69 Å². The van der Waals surface area contributed by atoms with Crippen molar-refractivity contribution >= 4 is 22.0 Å². The van der Waals surface area contributed by atoms with E-state index in [1.165, 1.54) is 16.0 Å². The summed E-state index contributed by atoms with van der Waals surface area (Å²) in [6.07, 6.45) is 2.55. The van der Waals surface area contributed by atoms with Crippen LogP contribution in [0.3, 0.4) is 0 Å². The zero-order valence-corrected chi connectivity index (χ0v) is 33.7. The molecule has 4 aromatic rings. The summed E-state index contributed by atoms with van der Waals surface area (Å²) in [7, 11) is -2.13. The molecule has 0 bridgehead atoms. The van der Waals surface area contributed by atoms with E-state index in [0.717, 1.165) is 70.4 Å². The highest BCUT2D eigenvalue weighted by atomic mass is 32.2. The number of hydrogen-bond acceptors (Lipinski definition) is 7. The standard InChI is InChI=1S/C41H45N3O7S.C6H4/c1-49-25-12-11-23-41(34-19-7-9-21-36(34)51-37-22-10-8-20-35(37)41)27-42-39(45)32-18-13-24-44(38(32)43-52(2,47)48)40(46)50-26-33-30-16-5-3-14-28(30)29-15-4-6-17-31(29)33;1-2-5-4-6(5)3-1/h3-10,14-17,19-22,32-33,38,43H,11-13,18,23-27H2,1-2H3,(H,42,45);1-4H/t32-,38?;/m0./s1. The average Bonchev–Trinajstić information content (AvgIpc) is 3.69. The predicted octanol–water partition coefficient (Wildman–Crippen LogP) is 8.21. The van der Waals surface area contributed by atoms with Gasteiger partial charge in [-0.1, -0.05) is 103 Å². The summed E-state index contributed by atoms with van der Waals surface area (Å²) in [4.78, 5) is 29.5. The fourth-order valence-electron chi connectivity index (χ4n) is 8.95. The number of fused-ring (bicyclic) bond motifs is 6. The van der Waals surface area contributed by atoms with Crippen LogP contribution in [0, 0.1) is 5.92 Å². The maximum absolute atomic E-state index is 14.3. The van der Waals surface area contributed by atoms with Crippen molar-refractivity contribution in [2.24, 2.45) is 5.92 Å². The largest absolute Gasteiger partial charge is 0.457 e. The summed E-state index contributed by atoms with van der Waals surface area (Å²) in [6, 6.07) is 40.4. The minimum atomic E-state index is -3.82. The van der Waals surface area contributed by atoms with Crippen LogP contribution in [0.2, 0.25) is 0 Å². The number of piperidine rings is 1. The molecule has 0 spiro atoms. The smallest absolute Gasteiger partial charge is 0.411 e. The van der Waals surface area contributed by atoms with Gasteiger partial charge in [-0.2, -0.15) is 4.72 Å². The van der Waals surface area contributed by atoms with Gasteiger partial charge < -0.3 is 19.5 Å². The lowest BCUT2D eigenvalue weighted by atomic mass is 9.69. The summed E-state index contributed by atoms with van der Waals surface area (Å²) in [6.45, 7) is 1.20. The molecule has 2 atom stereocenters. The molecular weight excluding hydrogens is 751 g/mol. The summed E-state index contributed by atoms with van der Waals surface area (Å²) >= 11 is 0. The Kier molecular flexibility index (Phi) is 11.4. The van der Waals surface area contributed by atoms with Gasteiger partial charge in [0.1, 0.15) is 24.3 Å². The van der Waals surface area contributed by atoms with E-state index in [0.29, 0.717) is 19.4 Å². The van der Waals surface area contributed by atoms with Gasteiger partial charge in [-0.25, -0.2) is 13.2 Å². The van der Waals surface area contributed by atoms with E-state index in [1.807, 2.05) is 84.9 Å². The predicted molar refractivity (Wildman–Crippen MR) is 224 cm³/mol. The molecule has 0 aromatic heterocycles. The van der Waals surface area contributed by atoms with Gasteiger partial charge in [-0.05, 0) is 83.7 Å². The number of amides is 2. The van der Waals surface area contributed by atoms with E-state index in [2.05, 4.69) is 46.4 Å². The summed E-state index contributed by atoms with van der Waals surface area (Å²) in [5.74, 6) is 0.123. The first kappa shape index (κ1) is 39.3. The number of hydrogen-bond donors (Lipinski definition) is 2. The molecule has 1 saturated heterocycles. The van der Waals surface area contributed by atoms with Crippen molar-refractivity contribution in [1.82, 2.24) is 14.9 Å². The highest BCUT2D eigenvalue weighted by Gasteiger charge is 2.45. The van der Waals surface area contributed by atoms with Crippen molar-refractivity contribution in [2.45, 2.75) is 49.6 Å². The molecular formula is C47H49N3O7S. The second-order valence-corrected chi connectivity index (χ2v) is 17.3. The third kappa shape index (κ3) is 8.12. The van der Waals surface area contributed by atoms with Gasteiger partial charge in [-0.15, -0.1) is 0 Å². The maximum atomic E-state index is 14.3. The zero-order chi connectivity index (χ0) is 40.3. The van der Waals surface area contributed by atoms with E-state index in [1.54, 1.807) is 7.11 Å². The number of unbranched alkanes of at least 4 members (excludes halogenated alkanes) is 1. The average molecular weight is 800 g/mol. The van der Waals surface area contributed by atoms with Crippen molar-refractivity contribution < 1.29 is 32.2 Å². The third-order valence-corrected chi connectivity index (χ3v) is 12.4. The Bertz CT molecular complexity index is 2310. The number of sulfonamides is 1. The van der Waals surface area contributed by atoms with E-state index in [-0.39, 0.29) is 31.5 Å². The quantitative estimate of drug-likeness (QED) is 0.120. The third-order valence-electron chi connectivity index (χ3n) is 11.8. The SMILES string of the molecule is COCCCCC1(CNC(=O)[C@H]2CCCN(C(=O)OCC3c4ccccc4-c4ccccc43)C2NS(C)(=O)=O)c2ccccc2Oc2ccccc21.c1cc2cc-2c1. The first-order chi connectivity index (χ1) is 28.2. The van der Waals surface area contributed by atoms with Crippen molar-refractivity contribution in [2.75, 3.05) is 39.7 Å². The molecule has 10 nitrogen and oxygen atoms in total. The zero-order valence-electron chi connectivity index (χ0n) is 32.9. The molecule has 5 aliphatic rings. The van der Waals surface area contributed by atoms with Crippen molar-refractivity contribution in [3.63, 3.8) is 0 Å². The van der Waals surface area contributed by atoms with Crippen LogP contribution in [0.1, 0.15) is 60.3 Å². The van der Waals surface area contributed by atoms with Crippen molar-refractivity contribution in [3.8, 4) is 33.8 Å². The van der Waals surface area contributed by atoms with Crippen molar-refractivity contribution in [3.05, 3.63) is 144 Å². The molecule has 300 valence electrons. The first-order valence-electron chi connectivity index (χ1n) is 20.0. The van der Waals surface area contributed by atoms with Gasteiger partial charge in [0, 0.05) is 49.3 Å². The van der Waals surface area contributed by atoms with Gasteiger partial charge in [0.05, 0.1) is 12.2 Å². The van der Waals surface area contributed by atoms with Gasteiger partial charge in [0.15, 0.2) is 0 Å². The Morgan fingerprint density at radius 1 is 0.810 bits per heavy atom. The van der Waals surface area contributed by atoms with Crippen LogP contribution in [-0.2, 0) is 29.7 Å². The molecule has 2 N–H and O–H groups in total. The molecule has 0 radical (unpaired) electrons. The minimum Gasteiger partial charge on any atom is -0.457 e. The lowest BCUT2D eigenvalue weighted by Gasteiger charge is -2.42. The van der Waals surface area contributed by atoms with E-state index in [9.17, 15) is 18.0 Å². The fraction of sp³-hybridized carbons (Fsp3) is 0.319. The number of nitrogens with zero attached hydrogens (tertiary/aromatic N) is 1. The van der Waals surface area contributed by atoms with E-state index in [4.69, 9.17) is 14.2 Å². The van der Waals surface area contributed by atoms with E-state index >= 15 is 0 Å². The van der Waals surface area contributed by atoms with Gasteiger partial charge in [0.2, 0.25) is 15.9 Å². The number of carbonyl (C=O) groups excluding carboxylic acids is 2. The number of carbonyl (C=O) groups is 2. The van der Waals surface area contributed by atoms with E-state index < -0.39 is 33.6 Å². The summed E-state index contributed by atoms with van der Waals surface area (Å²) in [5.41, 5.74) is 8.55. The molecule has 9 rings (SSSR count). The molecule has 3 aliphatic carbocycles. The number of likely N-dealkylation sites (tertiary alicyclic amines) is 1. The number of methoxy groups -OCH3 is 1. The van der Waals surface area contributed by atoms with Crippen LogP contribution < -0.4 is 14.8 Å². The summed E-state index contributed by atoms with van der Waals surface area (Å²) in [5, 5.41) is 3.22. The molecule has 2 heterocycles. The molecule has 1 unspecified atom stereocenters. The second-order valence-electron chi connectivity index (χ2n) is 15.5. The molecule has 2 aliphatic heterocycles. The number of rotatable bonds is 12. The van der Waals surface area contributed by atoms with Crippen LogP contribution in [-0.4, -0.2) is 71.2 Å². The Labute approximate surface area is 340 Å². The molecule has 0 saturated carbocycles. The van der Waals surface area contributed by atoms with Gasteiger partial charge in [0.25, 0.3) is 0 Å². The second kappa shape index (κ2) is 16.8.